The van der Waals surface area contributed by atoms with E-state index in [1.165, 1.54) is 0 Å². The number of benzene rings is 1. The number of fused-ring (bicyclic) bond motifs is 1. The molecule has 0 saturated heterocycles. The summed E-state index contributed by atoms with van der Waals surface area (Å²) in [6.45, 7) is 2.02. The van der Waals surface area contributed by atoms with E-state index in [0.717, 1.165) is 12.8 Å². The van der Waals surface area contributed by atoms with Gasteiger partial charge in [0.2, 0.25) is 0 Å². The van der Waals surface area contributed by atoms with Gasteiger partial charge >= 0.3 is 5.69 Å². The summed E-state index contributed by atoms with van der Waals surface area (Å²) < 4.78 is 0. The van der Waals surface area contributed by atoms with Crippen LogP contribution in [-0.2, 0) is 0 Å². The number of aromatic nitrogens is 1. The molecule has 1 N–H and O–H groups in total. The molecule has 0 bridgehead atoms. The van der Waals surface area contributed by atoms with Gasteiger partial charge in [0, 0.05) is 6.20 Å². The molecule has 2 aromatic rings. The Morgan fingerprint density at radius 2 is 2.30 bits per heavy atom. The van der Waals surface area contributed by atoms with E-state index in [9.17, 15) is 10.1 Å². The first kappa shape index (κ1) is 13.8. The maximum atomic E-state index is 11.3. The highest BCUT2D eigenvalue weighted by molar-refractivity contribution is 5.94. The lowest BCUT2D eigenvalue weighted by atomic mass is 10.1. The number of terminal acetylenes is 1. The fourth-order valence-electron chi connectivity index (χ4n) is 2.12. The van der Waals surface area contributed by atoms with Crippen LogP contribution in [0.1, 0.15) is 19.8 Å². The highest BCUT2D eigenvalue weighted by Gasteiger charge is 2.20. The Morgan fingerprint density at radius 1 is 1.50 bits per heavy atom. The van der Waals surface area contributed by atoms with Crippen LogP contribution in [0.4, 0.5) is 11.4 Å². The van der Waals surface area contributed by atoms with E-state index >= 15 is 0 Å². The summed E-state index contributed by atoms with van der Waals surface area (Å²) in [5, 5.41) is 14.9. The van der Waals surface area contributed by atoms with Crippen molar-refractivity contribution in [3.8, 4) is 12.3 Å². The van der Waals surface area contributed by atoms with Crippen LogP contribution in [-0.4, -0.2) is 15.9 Å². The molecule has 1 aromatic carbocycles. The zero-order chi connectivity index (χ0) is 14.5. The Labute approximate surface area is 117 Å². The number of nitro groups is 1. The molecule has 0 spiro atoms. The summed E-state index contributed by atoms with van der Waals surface area (Å²) in [5.74, 6) is 2.62. The average molecular weight is 269 g/mol. The van der Waals surface area contributed by atoms with E-state index in [0.29, 0.717) is 16.6 Å². The monoisotopic (exact) mass is 269 g/mol. The van der Waals surface area contributed by atoms with Crippen molar-refractivity contribution in [2.45, 2.75) is 25.8 Å². The molecule has 0 radical (unpaired) electrons. The number of anilines is 1. The zero-order valence-electron chi connectivity index (χ0n) is 11.2. The molecule has 2 rings (SSSR count). The molecule has 20 heavy (non-hydrogen) atoms. The van der Waals surface area contributed by atoms with E-state index in [1.54, 1.807) is 30.5 Å². The average Bonchev–Trinajstić information content (AvgIpc) is 2.46. The third-order valence-corrected chi connectivity index (χ3v) is 3.05. The van der Waals surface area contributed by atoms with Crippen molar-refractivity contribution < 1.29 is 4.92 Å². The first-order valence-electron chi connectivity index (χ1n) is 6.42. The molecule has 0 saturated carbocycles. The van der Waals surface area contributed by atoms with Gasteiger partial charge in [-0.15, -0.1) is 6.42 Å². The molecule has 1 atom stereocenters. The second-order valence-electron chi connectivity index (χ2n) is 4.44. The summed E-state index contributed by atoms with van der Waals surface area (Å²) in [6.07, 6.45) is 8.73. The number of hydrogen-bond acceptors (Lipinski definition) is 4. The number of nitro benzene ring substituents is 1. The van der Waals surface area contributed by atoms with E-state index in [2.05, 4.69) is 16.2 Å². The van der Waals surface area contributed by atoms with Crippen molar-refractivity contribution in [2.75, 3.05) is 5.32 Å². The molecule has 1 heterocycles. The predicted octanol–water partition coefficient (Wildman–Crippen LogP) is 3.36. The molecule has 0 aliphatic heterocycles. The molecule has 0 amide bonds. The molecule has 102 valence electrons. The summed E-state index contributed by atoms with van der Waals surface area (Å²) in [7, 11) is 0. The number of rotatable bonds is 5. The maximum Gasteiger partial charge on any atom is 0.301 e. The first-order chi connectivity index (χ1) is 9.67. The van der Waals surface area contributed by atoms with E-state index in [4.69, 9.17) is 6.42 Å². The van der Waals surface area contributed by atoms with Gasteiger partial charge in [0.1, 0.15) is 5.69 Å². The molecule has 5 heteroatoms. The lowest BCUT2D eigenvalue weighted by Crippen LogP contribution is -2.17. The van der Waals surface area contributed by atoms with Gasteiger partial charge in [-0.3, -0.25) is 15.1 Å². The zero-order valence-corrected chi connectivity index (χ0v) is 11.2. The van der Waals surface area contributed by atoms with Gasteiger partial charge in [-0.1, -0.05) is 19.3 Å². The Bertz CT molecular complexity index is 676. The van der Waals surface area contributed by atoms with Crippen LogP contribution in [0.15, 0.2) is 30.5 Å². The number of pyridine rings is 1. The van der Waals surface area contributed by atoms with Crippen LogP contribution >= 0.6 is 0 Å². The Balaban J connectivity index is 2.50. The van der Waals surface area contributed by atoms with Crippen LogP contribution in [0.5, 0.6) is 0 Å². The van der Waals surface area contributed by atoms with Crippen LogP contribution < -0.4 is 5.32 Å². The highest BCUT2D eigenvalue weighted by atomic mass is 16.6. The van der Waals surface area contributed by atoms with Crippen LogP contribution in [0.2, 0.25) is 0 Å². The number of hydrogen-bond donors (Lipinski definition) is 1. The first-order valence-corrected chi connectivity index (χ1v) is 6.42. The molecular formula is C15H15N3O2. The minimum Gasteiger partial charge on any atom is -0.366 e. The van der Waals surface area contributed by atoms with Gasteiger partial charge in [0.25, 0.3) is 0 Å². The fraction of sp³-hybridized carbons (Fsp3) is 0.267. The molecular weight excluding hydrogens is 254 g/mol. The minimum absolute atomic E-state index is 0.0203. The van der Waals surface area contributed by atoms with Gasteiger partial charge in [-0.25, -0.2) is 0 Å². The standard InChI is InChI=1S/C15H15N3O2/c1-3-6-11(4-2)17-14-9-8-13-12(7-5-10-16-13)15(14)18(19)20/h2,5,7-11,17H,3,6H2,1H3. The van der Waals surface area contributed by atoms with Crippen molar-refractivity contribution in [1.29, 1.82) is 0 Å². The van der Waals surface area contributed by atoms with Gasteiger partial charge in [-0.05, 0) is 30.7 Å². The van der Waals surface area contributed by atoms with Gasteiger partial charge in [0.15, 0.2) is 0 Å². The molecule has 1 unspecified atom stereocenters. The summed E-state index contributed by atoms with van der Waals surface area (Å²) in [5.41, 5.74) is 1.05. The summed E-state index contributed by atoms with van der Waals surface area (Å²) in [6, 6.07) is 6.57. The normalized spacial score (nSPS) is 11.8. The van der Waals surface area contributed by atoms with Crippen molar-refractivity contribution >= 4 is 22.3 Å². The fourth-order valence-corrected chi connectivity index (χ4v) is 2.12. The van der Waals surface area contributed by atoms with Crippen molar-refractivity contribution in [3.05, 3.63) is 40.6 Å². The lowest BCUT2D eigenvalue weighted by molar-refractivity contribution is -0.382. The highest BCUT2D eigenvalue weighted by Crippen LogP contribution is 2.33. The van der Waals surface area contributed by atoms with Crippen LogP contribution in [0.25, 0.3) is 10.9 Å². The topological polar surface area (TPSA) is 68.1 Å². The van der Waals surface area contributed by atoms with Crippen molar-refractivity contribution in [1.82, 2.24) is 4.98 Å². The van der Waals surface area contributed by atoms with Gasteiger partial charge in [0.05, 0.1) is 21.9 Å². The molecule has 0 aliphatic carbocycles. The third kappa shape index (κ3) is 2.69. The SMILES string of the molecule is C#CC(CCC)Nc1ccc2ncccc2c1[N+](=O)[O-]. The van der Waals surface area contributed by atoms with Crippen molar-refractivity contribution in [2.24, 2.45) is 0 Å². The molecule has 0 fully saturated rings. The minimum atomic E-state index is -0.397. The largest absolute Gasteiger partial charge is 0.366 e. The quantitative estimate of drug-likeness (QED) is 0.513. The number of nitrogens with one attached hydrogen (secondary N) is 1. The van der Waals surface area contributed by atoms with Crippen LogP contribution in [0, 0.1) is 22.5 Å². The van der Waals surface area contributed by atoms with E-state index in [-0.39, 0.29) is 11.7 Å². The summed E-state index contributed by atoms with van der Waals surface area (Å²) in [4.78, 5) is 15.1. The Kier molecular flexibility index (Phi) is 4.16. The van der Waals surface area contributed by atoms with Gasteiger partial charge in [-0.2, -0.15) is 0 Å². The smallest absolute Gasteiger partial charge is 0.301 e. The van der Waals surface area contributed by atoms with E-state index < -0.39 is 4.92 Å². The Hall–Kier alpha value is -2.61. The lowest BCUT2D eigenvalue weighted by Gasteiger charge is -2.14. The van der Waals surface area contributed by atoms with Gasteiger partial charge < -0.3 is 5.32 Å². The maximum absolute atomic E-state index is 11.3. The van der Waals surface area contributed by atoms with E-state index in [1.807, 2.05) is 6.92 Å². The second kappa shape index (κ2) is 6.02. The second-order valence-corrected chi connectivity index (χ2v) is 4.44. The molecule has 0 aliphatic rings. The van der Waals surface area contributed by atoms with Crippen LogP contribution in [0.3, 0.4) is 0 Å². The molecule has 5 nitrogen and oxygen atoms in total. The Morgan fingerprint density at radius 3 is 2.95 bits per heavy atom. The summed E-state index contributed by atoms with van der Waals surface area (Å²) >= 11 is 0. The van der Waals surface area contributed by atoms with Crippen molar-refractivity contribution in [3.63, 3.8) is 0 Å². The third-order valence-electron chi connectivity index (χ3n) is 3.05. The predicted molar refractivity (Wildman–Crippen MR) is 79.5 cm³/mol. The number of nitrogens with zero attached hydrogens (tertiary/aromatic N) is 2. The molecule has 1 aromatic heterocycles.